The first-order chi connectivity index (χ1) is 8.93. The topological polar surface area (TPSA) is 125 Å². The Morgan fingerprint density at radius 2 is 2.21 bits per heavy atom. The molecule has 0 aliphatic carbocycles. The van der Waals surface area contributed by atoms with Crippen LogP contribution >= 0.6 is 0 Å². The van der Waals surface area contributed by atoms with Crippen molar-refractivity contribution in [2.75, 3.05) is 6.61 Å². The first-order valence-electron chi connectivity index (χ1n) is 5.63. The van der Waals surface area contributed by atoms with Gasteiger partial charge in [-0.15, -0.1) is 0 Å². The fourth-order valence-corrected chi connectivity index (χ4v) is 1.35. The zero-order valence-corrected chi connectivity index (χ0v) is 10.4. The fraction of sp³-hybridized carbons (Fsp3) is 0.455. The van der Waals surface area contributed by atoms with Crippen LogP contribution in [0.25, 0.3) is 0 Å². The van der Waals surface area contributed by atoms with Gasteiger partial charge in [0.15, 0.2) is 0 Å². The summed E-state index contributed by atoms with van der Waals surface area (Å²) in [5.41, 5.74) is 5.79. The van der Waals surface area contributed by atoms with Crippen molar-refractivity contribution in [1.29, 1.82) is 0 Å². The smallest absolute Gasteiger partial charge is 0.376 e. The minimum Gasteiger partial charge on any atom is -0.480 e. The van der Waals surface area contributed by atoms with Gasteiger partial charge in [-0.2, -0.15) is 0 Å². The van der Waals surface area contributed by atoms with Crippen LogP contribution in [0, 0.1) is 0 Å². The molecule has 0 aliphatic rings. The molecule has 8 heteroatoms. The minimum atomic E-state index is -1.13. The lowest BCUT2D eigenvalue weighted by Gasteiger charge is -2.03. The molecule has 19 heavy (non-hydrogen) atoms. The molecule has 0 aliphatic heterocycles. The number of esters is 1. The number of carboxylic acid groups (broad SMARTS) is 1. The van der Waals surface area contributed by atoms with E-state index in [-0.39, 0.29) is 19.6 Å². The van der Waals surface area contributed by atoms with E-state index in [0.29, 0.717) is 5.69 Å². The molecule has 0 aromatic carbocycles. The number of carbonyl (C=O) groups excluding carboxylic acids is 2. The molecule has 0 fully saturated rings. The molecule has 0 saturated heterocycles. The standard InChI is InChI=1S/C11H15N3O5/c1-2-19-11(18)9(15)5-14-4-7(13-6-14)3-8(12)10(16)17/h4,6,8H,2-3,5,12H2,1H3,(H,16,17). The molecule has 104 valence electrons. The van der Waals surface area contributed by atoms with E-state index < -0.39 is 23.8 Å². The van der Waals surface area contributed by atoms with E-state index in [1.165, 1.54) is 17.1 Å². The van der Waals surface area contributed by atoms with Crippen molar-refractivity contribution in [2.45, 2.75) is 25.9 Å². The minimum absolute atomic E-state index is 0.0515. The number of aliphatic carboxylic acids is 1. The molecule has 1 rings (SSSR count). The van der Waals surface area contributed by atoms with Crippen LogP contribution in [-0.2, 0) is 32.1 Å². The number of carboxylic acids is 1. The zero-order chi connectivity index (χ0) is 14.4. The number of rotatable bonds is 7. The number of carbonyl (C=O) groups is 3. The summed E-state index contributed by atoms with van der Waals surface area (Å²) in [4.78, 5) is 37.0. The molecule has 0 spiro atoms. The highest BCUT2D eigenvalue weighted by Crippen LogP contribution is 2.01. The highest BCUT2D eigenvalue weighted by Gasteiger charge is 2.17. The number of hydrogen-bond donors (Lipinski definition) is 2. The van der Waals surface area contributed by atoms with Crippen molar-refractivity contribution >= 4 is 17.7 Å². The second kappa shape index (κ2) is 6.64. The maximum atomic E-state index is 11.4. The summed E-state index contributed by atoms with van der Waals surface area (Å²) in [6, 6.07) is -1.05. The lowest BCUT2D eigenvalue weighted by atomic mass is 10.2. The number of Topliss-reactive ketones (excluding diaryl/α,β-unsaturated/α-hetero) is 1. The summed E-state index contributed by atoms with van der Waals surface area (Å²) < 4.78 is 5.94. The van der Waals surface area contributed by atoms with Crippen LogP contribution in [0.15, 0.2) is 12.5 Å². The van der Waals surface area contributed by atoms with Gasteiger partial charge in [-0.1, -0.05) is 0 Å². The molecule has 3 N–H and O–H groups in total. The van der Waals surface area contributed by atoms with Crippen molar-refractivity contribution in [3.05, 3.63) is 18.2 Å². The van der Waals surface area contributed by atoms with Gasteiger partial charge < -0.3 is 20.1 Å². The SMILES string of the molecule is CCOC(=O)C(=O)Cn1cnc(CC(N)C(=O)O)c1. The number of nitrogens with two attached hydrogens (primary N) is 1. The number of ketones is 1. The van der Waals surface area contributed by atoms with Crippen LogP contribution in [0.5, 0.6) is 0 Å². The summed E-state index contributed by atoms with van der Waals surface area (Å²) in [6.45, 7) is 1.54. The highest BCUT2D eigenvalue weighted by molar-refractivity contribution is 6.33. The van der Waals surface area contributed by atoms with Gasteiger partial charge in [-0.05, 0) is 6.92 Å². The Kier molecular flexibility index (Phi) is 5.19. The molecule has 1 aromatic rings. The molecule has 1 aromatic heterocycles. The van der Waals surface area contributed by atoms with Gasteiger partial charge >= 0.3 is 11.9 Å². The molecular weight excluding hydrogens is 254 g/mol. The van der Waals surface area contributed by atoms with E-state index in [1.54, 1.807) is 6.92 Å². The van der Waals surface area contributed by atoms with Crippen molar-refractivity contribution < 1.29 is 24.2 Å². The van der Waals surface area contributed by atoms with Crippen molar-refractivity contribution in [3.63, 3.8) is 0 Å². The van der Waals surface area contributed by atoms with Gasteiger partial charge in [0, 0.05) is 12.6 Å². The fourth-order valence-electron chi connectivity index (χ4n) is 1.35. The number of nitrogens with zero attached hydrogens (tertiary/aromatic N) is 2. The van der Waals surface area contributed by atoms with Gasteiger partial charge in [-0.3, -0.25) is 9.59 Å². The van der Waals surface area contributed by atoms with Crippen LogP contribution < -0.4 is 5.73 Å². The van der Waals surface area contributed by atoms with Gasteiger partial charge in [0.1, 0.15) is 6.04 Å². The predicted octanol–water partition coefficient (Wildman–Crippen LogP) is -1.03. The van der Waals surface area contributed by atoms with E-state index >= 15 is 0 Å². The van der Waals surface area contributed by atoms with E-state index in [0.717, 1.165) is 0 Å². The average Bonchev–Trinajstić information content (AvgIpc) is 2.76. The van der Waals surface area contributed by atoms with Crippen LogP contribution in [0.4, 0.5) is 0 Å². The van der Waals surface area contributed by atoms with Crippen molar-refractivity contribution in [2.24, 2.45) is 5.73 Å². The summed E-state index contributed by atoms with van der Waals surface area (Å²) in [5, 5.41) is 8.65. The monoisotopic (exact) mass is 269 g/mol. The molecule has 0 radical (unpaired) electrons. The summed E-state index contributed by atoms with van der Waals surface area (Å²) in [6.07, 6.45) is 2.86. The Morgan fingerprint density at radius 1 is 1.53 bits per heavy atom. The maximum Gasteiger partial charge on any atom is 0.376 e. The van der Waals surface area contributed by atoms with E-state index in [4.69, 9.17) is 10.8 Å². The van der Waals surface area contributed by atoms with Crippen molar-refractivity contribution in [3.8, 4) is 0 Å². The Morgan fingerprint density at radius 3 is 2.79 bits per heavy atom. The van der Waals surface area contributed by atoms with Crippen LogP contribution in [-0.4, -0.2) is 45.0 Å². The van der Waals surface area contributed by atoms with E-state index in [1.807, 2.05) is 0 Å². The maximum absolute atomic E-state index is 11.4. The molecule has 1 heterocycles. The Labute approximate surface area is 109 Å². The summed E-state index contributed by atoms with van der Waals surface area (Å²) in [5.74, 6) is -2.73. The zero-order valence-electron chi connectivity index (χ0n) is 10.4. The quantitative estimate of drug-likeness (QED) is 0.479. The molecule has 8 nitrogen and oxygen atoms in total. The number of ether oxygens (including phenoxy) is 1. The average molecular weight is 269 g/mol. The second-order valence-electron chi connectivity index (χ2n) is 3.83. The number of aromatic nitrogens is 2. The van der Waals surface area contributed by atoms with E-state index in [9.17, 15) is 14.4 Å². The lowest BCUT2D eigenvalue weighted by molar-refractivity contribution is -0.153. The number of hydrogen-bond acceptors (Lipinski definition) is 6. The van der Waals surface area contributed by atoms with Crippen LogP contribution in [0.1, 0.15) is 12.6 Å². The van der Waals surface area contributed by atoms with Crippen LogP contribution in [0.3, 0.4) is 0 Å². The predicted molar refractivity (Wildman–Crippen MR) is 63.2 cm³/mol. The number of imidazole rings is 1. The molecule has 1 atom stereocenters. The van der Waals surface area contributed by atoms with Gasteiger partial charge in [0.25, 0.3) is 5.78 Å². The Bertz CT molecular complexity index is 482. The normalized spacial score (nSPS) is 11.9. The molecule has 0 amide bonds. The second-order valence-corrected chi connectivity index (χ2v) is 3.83. The molecule has 1 unspecified atom stereocenters. The van der Waals surface area contributed by atoms with Gasteiger partial charge in [-0.25, -0.2) is 9.78 Å². The van der Waals surface area contributed by atoms with Crippen molar-refractivity contribution in [1.82, 2.24) is 9.55 Å². The highest BCUT2D eigenvalue weighted by atomic mass is 16.5. The lowest BCUT2D eigenvalue weighted by Crippen LogP contribution is -2.32. The Hall–Kier alpha value is -2.22. The van der Waals surface area contributed by atoms with Gasteiger partial charge in [0.2, 0.25) is 0 Å². The summed E-state index contributed by atoms with van der Waals surface area (Å²) >= 11 is 0. The first-order valence-corrected chi connectivity index (χ1v) is 5.63. The molecule has 0 saturated carbocycles. The third-order valence-corrected chi connectivity index (χ3v) is 2.26. The third-order valence-electron chi connectivity index (χ3n) is 2.26. The van der Waals surface area contributed by atoms with Crippen LogP contribution in [0.2, 0.25) is 0 Å². The summed E-state index contributed by atoms with van der Waals surface area (Å²) in [7, 11) is 0. The third kappa shape index (κ3) is 4.51. The molecule has 0 bridgehead atoms. The van der Waals surface area contributed by atoms with Gasteiger partial charge in [0.05, 0.1) is 25.2 Å². The first kappa shape index (κ1) is 14.8. The van der Waals surface area contributed by atoms with E-state index in [2.05, 4.69) is 9.72 Å². The Balaban J connectivity index is 2.58. The molecular formula is C11H15N3O5. The largest absolute Gasteiger partial charge is 0.480 e.